The normalized spacial score (nSPS) is 36.4. The molecule has 0 aromatic carbocycles. The molecular formula is C15H24. The zero-order chi connectivity index (χ0) is 11.0. The average molecular weight is 204 g/mol. The summed E-state index contributed by atoms with van der Waals surface area (Å²) in [5.41, 5.74) is 3.14. The van der Waals surface area contributed by atoms with E-state index < -0.39 is 0 Å². The van der Waals surface area contributed by atoms with Crippen molar-refractivity contribution >= 4 is 0 Å². The van der Waals surface area contributed by atoms with Gasteiger partial charge in [-0.1, -0.05) is 37.6 Å². The van der Waals surface area contributed by atoms with Crippen molar-refractivity contribution in [2.75, 3.05) is 0 Å². The quantitative estimate of drug-likeness (QED) is 0.548. The van der Waals surface area contributed by atoms with Crippen LogP contribution in [0.1, 0.15) is 46.5 Å². The summed E-state index contributed by atoms with van der Waals surface area (Å²) in [6.07, 6.45) is 7.85. The van der Waals surface area contributed by atoms with Crippen LogP contribution in [0.25, 0.3) is 0 Å². The first-order chi connectivity index (χ1) is 7.09. The van der Waals surface area contributed by atoms with Gasteiger partial charge in [0.2, 0.25) is 0 Å². The van der Waals surface area contributed by atoms with E-state index in [9.17, 15) is 0 Å². The maximum absolute atomic E-state index is 4.29. The van der Waals surface area contributed by atoms with E-state index in [1.807, 2.05) is 0 Å². The molecule has 0 heterocycles. The molecule has 2 aliphatic carbocycles. The lowest BCUT2D eigenvalue weighted by Crippen LogP contribution is -2.33. The van der Waals surface area contributed by atoms with Crippen molar-refractivity contribution in [2.24, 2.45) is 23.7 Å². The molecule has 0 saturated heterocycles. The van der Waals surface area contributed by atoms with E-state index in [0.717, 1.165) is 23.7 Å². The topological polar surface area (TPSA) is 0 Å². The molecule has 0 radical (unpaired) electrons. The molecule has 1 saturated carbocycles. The van der Waals surface area contributed by atoms with Gasteiger partial charge in [0.15, 0.2) is 0 Å². The Balaban J connectivity index is 2.24. The van der Waals surface area contributed by atoms with Gasteiger partial charge in [-0.15, -0.1) is 0 Å². The Morgan fingerprint density at radius 3 is 2.67 bits per heavy atom. The molecule has 0 aliphatic heterocycles. The molecule has 0 amide bonds. The van der Waals surface area contributed by atoms with Crippen LogP contribution < -0.4 is 0 Å². The van der Waals surface area contributed by atoms with Crippen LogP contribution in [-0.2, 0) is 0 Å². The van der Waals surface area contributed by atoms with Crippen molar-refractivity contribution in [3.05, 3.63) is 23.8 Å². The minimum atomic E-state index is 0.801. The summed E-state index contributed by atoms with van der Waals surface area (Å²) in [5.74, 6) is 3.33. The lowest BCUT2D eigenvalue weighted by atomic mass is 9.62. The summed E-state index contributed by atoms with van der Waals surface area (Å²) >= 11 is 0. The molecule has 2 rings (SSSR count). The summed E-state index contributed by atoms with van der Waals surface area (Å²) in [5, 5.41) is 0. The van der Waals surface area contributed by atoms with Gasteiger partial charge in [0.05, 0.1) is 0 Å². The van der Waals surface area contributed by atoms with Gasteiger partial charge in [-0.05, 0) is 56.3 Å². The first kappa shape index (κ1) is 11.0. The fraction of sp³-hybridized carbons (Fsp3) is 0.733. The molecule has 0 spiro atoms. The average Bonchev–Trinajstić information content (AvgIpc) is 2.17. The van der Waals surface area contributed by atoms with Crippen molar-refractivity contribution in [1.82, 2.24) is 0 Å². The van der Waals surface area contributed by atoms with Crippen LogP contribution in [0.4, 0.5) is 0 Å². The first-order valence-electron chi connectivity index (χ1n) is 6.44. The van der Waals surface area contributed by atoms with Crippen LogP contribution >= 0.6 is 0 Å². The first-order valence-corrected chi connectivity index (χ1v) is 6.44. The Bertz CT molecular complexity index is 282. The third kappa shape index (κ3) is 2.04. The summed E-state index contributed by atoms with van der Waals surface area (Å²) in [7, 11) is 0. The van der Waals surface area contributed by atoms with Crippen molar-refractivity contribution < 1.29 is 0 Å². The molecule has 84 valence electrons. The van der Waals surface area contributed by atoms with E-state index in [4.69, 9.17) is 0 Å². The fourth-order valence-corrected chi connectivity index (χ4v) is 3.51. The Kier molecular flexibility index (Phi) is 3.04. The monoisotopic (exact) mass is 204 g/mol. The third-order valence-electron chi connectivity index (χ3n) is 4.47. The van der Waals surface area contributed by atoms with Crippen LogP contribution in [-0.4, -0.2) is 0 Å². The molecule has 0 aromatic rings. The second kappa shape index (κ2) is 4.15. The van der Waals surface area contributed by atoms with Crippen LogP contribution in [0.3, 0.4) is 0 Å². The number of hydrogen-bond donors (Lipinski definition) is 0. The highest BCUT2D eigenvalue weighted by Crippen LogP contribution is 2.47. The van der Waals surface area contributed by atoms with Crippen molar-refractivity contribution in [3.63, 3.8) is 0 Å². The van der Waals surface area contributed by atoms with E-state index in [2.05, 4.69) is 33.4 Å². The second-order valence-electron chi connectivity index (χ2n) is 5.84. The Labute approximate surface area is 94.5 Å². The highest BCUT2D eigenvalue weighted by atomic mass is 14.4. The standard InChI is InChI=1S/C15H24/c1-10(2)13-8-6-12(4)14-7-5-11(3)9-15(13)14/h9-10,13-15H,4-8H2,1-3H3/t13-,14-,15+/m0/s1. The SMILES string of the molecule is C=C1CC[C@@H](C(C)C)[C@H]2C=C(C)CC[C@@H]12. The smallest absolute Gasteiger partial charge is 0.0134 e. The molecule has 0 bridgehead atoms. The zero-order valence-electron chi connectivity index (χ0n) is 10.4. The summed E-state index contributed by atoms with van der Waals surface area (Å²) < 4.78 is 0. The summed E-state index contributed by atoms with van der Waals surface area (Å²) in [4.78, 5) is 0. The van der Waals surface area contributed by atoms with Crippen molar-refractivity contribution in [1.29, 1.82) is 0 Å². The molecule has 0 N–H and O–H groups in total. The molecule has 0 unspecified atom stereocenters. The Hall–Kier alpha value is -0.520. The van der Waals surface area contributed by atoms with E-state index in [0.29, 0.717) is 0 Å². The number of rotatable bonds is 1. The Morgan fingerprint density at radius 1 is 1.27 bits per heavy atom. The van der Waals surface area contributed by atoms with Gasteiger partial charge in [0.1, 0.15) is 0 Å². The van der Waals surface area contributed by atoms with Crippen LogP contribution in [0, 0.1) is 23.7 Å². The zero-order valence-corrected chi connectivity index (χ0v) is 10.4. The van der Waals surface area contributed by atoms with Crippen molar-refractivity contribution in [3.8, 4) is 0 Å². The van der Waals surface area contributed by atoms with E-state index in [1.54, 1.807) is 5.57 Å². The minimum absolute atomic E-state index is 0.801. The van der Waals surface area contributed by atoms with Gasteiger partial charge >= 0.3 is 0 Å². The predicted octanol–water partition coefficient (Wildman–Crippen LogP) is 4.58. The third-order valence-corrected chi connectivity index (χ3v) is 4.47. The predicted molar refractivity (Wildman–Crippen MR) is 66.7 cm³/mol. The lowest BCUT2D eigenvalue weighted by Gasteiger charge is -2.43. The van der Waals surface area contributed by atoms with Gasteiger partial charge < -0.3 is 0 Å². The van der Waals surface area contributed by atoms with Crippen LogP contribution in [0.15, 0.2) is 23.8 Å². The largest absolute Gasteiger partial charge is 0.0996 e. The van der Waals surface area contributed by atoms with Crippen LogP contribution in [0.5, 0.6) is 0 Å². The molecule has 3 atom stereocenters. The van der Waals surface area contributed by atoms with E-state index in [-0.39, 0.29) is 0 Å². The lowest BCUT2D eigenvalue weighted by molar-refractivity contribution is 0.179. The second-order valence-corrected chi connectivity index (χ2v) is 5.84. The molecule has 2 aliphatic rings. The molecule has 0 heteroatoms. The maximum Gasteiger partial charge on any atom is -0.0134 e. The van der Waals surface area contributed by atoms with Crippen molar-refractivity contribution in [2.45, 2.75) is 46.5 Å². The van der Waals surface area contributed by atoms with Gasteiger partial charge in [-0.25, -0.2) is 0 Å². The van der Waals surface area contributed by atoms with E-state index >= 15 is 0 Å². The molecule has 0 nitrogen and oxygen atoms in total. The van der Waals surface area contributed by atoms with Gasteiger partial charge in [0, 0.05) is 0 Å². The number of hydrogen-bond acceptors (Lipinski definition) is 0. The highest BCUT2D eigenvalue weighted by molar-refractivity contribution is 5.19. The molecule has 1 fully saturated rings. The molecular weight excluding hydrogens is 180 g/mol. The number of fused-ring (bicyclic) bond motifs is 1. The molecule has 0 aromatic heterocycles. The highest BCUT2D eigenvalue weighted by Gasteiger charge is 2.36. The van der Waals surface area contributed by atoms with Gasteiger partial charge in [0.25, 0.3) is 0 Å². The maximum atomic E-state index is 4.29. The number of allylic oxidation sites excluding steroid dienone is 3. The van der Waals surface area contributed by atoms with Gasteiger partial charge in [-0.3, -0.25) is 0 Å². The fourth-order valence-electron chi connectivity index (χ4n) is 3.51. The minimum Gasteiger partial charge on any atom is -0.0996 e. The summed E-state index contributed by atoms with van der Waals surface area (Å²) in [6, 6.07) is 0. The van der Waals surface area contributed by atoms with E-state index in [1.165, 1.54) is 31.3 Å². The van der Waals surface area contributed by atoms with Crippen LogP contribution in [0.2, 0.25) is 0 Å². The van der Waals surface area contributed by atoms with Gasteiger partial charge in [-0.2, -0.15) is 0 Å². The Morgan fingerprint density at radius 2 is 2.00 bits per heavy atom. The summed E-state index contributed by atoms with van der Waals surface area (Å²) in [6.45, 7) is 11.3. The molecule has 15 heavy (non-hydrogen) atoms.